The molecule has 28 heavy (non-hydrogen) atoms. The number of likely N-dealkylation sites (N-methyl/N-ethyl adjacent to an activating group) is 1. The fraction of sp³-hybridized carbons (Fsp3) is 0.435. The molecule has 1 amide bonds. The van der Waals surface area contributed by atoms with E-state index in [1.54, 1.807) is 0 Å². The van der Waals surface area contributed by atoms with Gasteiger partial charge in [0.25, 0.3) is 5.91 Å². The quantitative estimate of drug-likeness (QED) is 0.636. The molecule has 1 atom stereocenters. The smallest absolute Gasteiger partial charge is 0.251 e. The third kappa shape index (κ3) is 5.79. The Morgan fingerprint density at radius 1 is 1.04 bits per heavy atom. The van der Waals surface area contributed by atoms with Gasteiger partial charge in [0, 0.05) is 29.7 Å². The maximum Gasteiger partial charge on any atom is 0.251 e. The largest absolute Gasteiger partial charge is 0.350 e. The highest BCUT2D eigenvalue weighted by molar-refractivity contribution is 8.19. The third-order valence-corrected chi connectivity index (χ3v) is 8.31. The van der Waals surface area contributed by atoms with Crippen LogP contribution in [0.2, 0.25) is 0 Å². The van der Waals surface area contributed by atoms with Gasteiger partial charge >= 0.3 is 0 Å². The van der Waals surface area contributed by atoms with E-state index >= 15 is 0 Å². The van der Waals surface area contributed by atoms with E-state index < -0.39 is 0 Å². The van der Waals surface area contributed by atoms with E-state index in [1.807, 2.05) is 41.7 Å². The summed E-state index contributed by atoms with van der Waals surface area (Å²) in [4.78, 5) is 15.1. The van der Waals surface area contributed by atoms with E-state index in [0.29, 0.717) is 17.2 Å². The standard InChI is InChI=1S/C23H30N2OS2/c1-3-25(4-2)21(16-18-8-6-5-7-9-18)17-24-22(26)19-10-12-20(13-11-19)23-27-14-15-28-23/h5-13,21,23H,3-4,14-17H2,1-2H3,(H,24,26). The Balaban J connectivity index is 1.60. The monoisotopic (exact) mass is 414 g/mol. The second kappa shape index (κ2) is 10.9. The first-order valence-electron chi connectivity index (χ1n) is 10.1. The first-order valence-corrected chi connectivity index (χ1v) is 12.2. The Morgan fingerprint density at radius 2 is 1.68 bits per heavy atom. The number of thioether (sulfide) groups is 2. The van der Waals surface area contributed by atoms with Crippen molar-refractivity contribution >= 4 is 29.4 Å². The number of amides is 1. The molecular formula is C23H30N2OS2. The molecule has 1 aliphatic heterocycles. The van der Waals surface area contributed by atoms with Gasteiger partial charge in [-0.1, -0.05) is 56.3 Å². The maximum atomic E-state index is 12.7. The molecule has 0 aliphatic carbocycles. The normalized spacial score (nSPS) is 15.7. The lowest BCUT2D eigenvalue weighted by atomic mass is 10.0. The average Bonchev–Trinajstić information content (AvgIpc) is 3.28. The van der Waals surface area contributed by atoms with Crippen molar-refractivity contribution < 1.29 is 4.79 Å². The summed E-state index contributed by atoms with van der Waals surface area (Å²) >= 11 is 3.98. The van der Waals surface area contributed by atoms with Crippen molar-refractivity contribution in [2.24, 2.45) is 0 Å². The zero-order chi connectivity index (χ0) is 19.8. The topological polar surface area (TPSA) is 32.3 Å². The molecule has 1 unspecified atom stereocenters. The number of carbonyl (C=O) groups excluding carboxylic acids is 1. The number of nitrogens with one attached hydrogen (secondary N) is 1. The van der Waals surface area contributed by atoms with E-state index in [1.165, 1.54) is 22.6 Å². The van der Waals surface area contributed by atoms with Crippen LogP contribution in [0.3, 0.4) is 0 Å². The molecule has 2 aromatic carbocycles. The zero-order valence-electron chi connectivity index (χ0n) is 16.8. The number of benzene rings is 2. The summed E-state index contributed by atoms with van der Waals surface area (Å²) < 4.78 is 0.523. The van der Waals surface area contributed by atoms with E-state index in [9.17, 15) is 4.79 Å². The van der Waals surface area contributed by atoms with Gasteiger partial charge < -0.3 is 5.32 Å². The minimum atomic E-state index is 0.0171. The Bertz CT molecular complexity index is 726. The minimum Gasteiger partial charge on any atom is -0.350 e. The van der Waals surface area contributed by atoms with Gasteiger partial charge in [-0.05, 0) is 42.8 Å². The van der Waals surface area contributed by atoms with Crippen molar-refractivity contribution in [1.29, 1.82) is 0 Å². The van der Waals surface area contributed by atoms with Gasteiger partial charge in [0.2, 0.25) is 0 Å². The minimum absolute atomic E-state index is 0.0171. The molecule has 2 aromatic rings. The molecule has 1 aliphatic rings. The first-order chi connectivity index (χ1) is 13.7. The van der Waals surface area contributed by atoms with Gasteiger partial charge in [-0.15, -0.1) is 23.5 Å². The van der Waals surface area contributed by atoms with E-state index in [-0.39, 0.29) is 5.91 Å². The maximum absolute atomic E-state index is 12.7. The highest BCUT2D eigenvalue weighted by Gasteiger charge is 2.20. The molecule has 0 saturated carbocycles. The van der Waals surface area contributed by atoms with Crippen molar-refractivity contribution in [2.45, 2.75) is 30.9 Å². The number of hydrogen-bond donors (Lipinski definition) is 1. The van der Waals surface area contributed by atoms with Crippen molar-refractivity contribution in [3.05, 3.63) is 71.3 Å². The predicted molar refractivity (Wildman–Crippen MR) is 123 cm³/mol. The molecule has 3 nitrogen and oxygen atoms in total. The lowest BCUT2D eigenvalue weighted by molar-refractivity contribution is 0.0934. The summed E-state index contributed by atoms with van der Waals surface area (Å²) in [5, 5.41) is 3.17. The fourth-order valence-electron chi connectivity index (χ4n) is 3.61. The molecular weight excluding hydrogens is 384 g/mol. The van der Waals surface area contributed by atoms with Crippen molar-refractivity contribution in [3.63, 3.8) is 0 Å². The summed E-state index contributed by atoms with van der Waals surface area (Å²) in [6, 6.07) is 19.0. The molecule has 1 heterocycles. The van der Waals surface area contributed by atoms with E-state index in [4.69, 9.17) is 0 Å². The number of nitrogens with zero attached hydrogens (tertiary/aromatic N) is 1. The second-order valence-electron chi connectivity index (χ2n) is 6.97. The molecule has 3 rings (SSSR count). The SMILES string of the molecule is CCN(CC)C(CNC(=O)c1ccc(C2SCCS2)cc1)Cc1ccccc1. The number of rotatable bonds is 9. The van der Waals surface area contributed by atoms with Crippen LogP contribution in [0.4, 0.5) is 0 Å². The molecule has 150 valence electrons. The van der Waals surface area contributed by atoms with E-state index in [2.05, 4.69) is 60.5 Å². The van der Waals surface area contributed by atoms with Crippen molar-refractivity contribution in [1.82, 2.24) is 10.2 Å². The summed E-state index contributed by atoms with van der Waals surface area (Å²) in [5.41, 5.74) is 3.37. The molecule has 0 bridgehead atoms. The highest BCUT2D eigenvalue weighted by Crippen LogP contribution is 2.45. The van der Waals surface area contributed by atoms with Crippen LogP contribution in [0, 0.1) is 0 Å². The second-order valence-corrected chi connectivity index (χ2v) is 9.69. The number of hydrogen-bond acceptors (Lipinski definition) is 4. The number of carbonyl (C=O) groups is 1. The molecule has 5 heteroatoms. The molecule has 0 aromatic heterocycles. The zero-order valence-corrected chi connectivity index (χ0v) is 18.4. The predicted octanol–water partition coefficient (Wildman–Crippen LogP) is 4.85. The van der Waals surface area contributed by atoms with Gasteiger partial charge in [0.05, 0.1) is 4.58 Å². The summed E-state index contributed by atoms with van der Waals surface area (Å²) in [6.07, 6.45) is 0.942. The molecule has 1 fully saturated rings. The van der Waals surface area contributed by atoms with Crippen LogP contribution in [0.1, 0.15) is 39.9 Å². The van der Waals surface area contributed by atoms with Crippen LogP contribution in [0.25, 0.3) is 0 Å². The summed E-state index contributed by atoms with van der Waals surface area (Å²) in [6.45, 7) is 6.98. The van der Waals surface area contributed by atoms with Crippen molar-refractivity contribution in [3.8, 4) is 0 Å². The Morgan fingerprint density at radius 3 is 2.29 bits per heavy atom. The van der Waals surface area contributed by atoms with Gasteiger partial charge in [0.15, 0.2) is 0 Å². The molecule has 0 spiro atoms. The van der Waals surface area contributed by atoms with Crippen molar-refractivity contribution in [2.75, 3.05) is 31.1 Å². The molecule has 0 radical (unpaired) electrons. The highest BCUT2D eigenvalue weighted by atomic mass is 32.2. The van der Waals surface area contributed by atoms with Gasteiger partial charge in [-0.25, -0.2) is 0 Å². The van der Waals surface area contributed by atoms with Crippen LogP contribution < -0.4 is 5.32 Å². The van der Waals surface area contributed by atoms with Gasteiger partial charge in [-0.2, -0.15) is 0 Å². The van der Waals surface area contributed by atoms with Crippen LogP contribution in [0.5, 0.6) is 0 Å². The van der Waals surface area contributed by atoms with Crippen LogP contribution >= 0.6 is 23.5 Å². The lowest BCUT2D eigenvalue weighted by Gasteiger charge is -2.30. The summed E-state index contributed by atoms with van der Waals surface area (Å²) in [5.74, 6) is 2.45. The van der Waals surface area contributed by atoms with Crippen LogP contribution in [-0.4, -0.2) is 48.0 Å². The first kappa shape index (κ1) is 21.3. The van der Waals surface area contributed by atoms with Crippen LogP contribution in [-0.2, 0) is 6.42 Å². The Hall–Kier alpha value is -1.43. The Kier molecular flexibility index (Phi) is 8.31. The molecule has 1 N–H and O–H groups in total. The van der Waals surface area contributed by atoms with E-state index in [0.717, 1.165) is 25.1 Å². The van der Waals surface area contributed by atoms with Gasteiger partial charge in [-0.3, -0.25) is 9.69 Å². The van der Waals surface area contributed by atoms with Gasteiger partial charge in [0.1, 0.15) is 0 Å². The Labute approximate surface area is 177 Å². The average molecular weight is 415 g/mol. The lowest BCUT2D eigenvalue weighted by Crippen LogP contribution is -2.45. The molecule has 1 saturated heterocycles. The van der Waals surface area contributed by atoms with Crippen LogP contribution in [0.15, 0.2) is 54.6 Å². The summed E-state index contributed by atoms with van der Waals surface area (Å²) in [7, 11) is 0. The third-order valence-electron chi connectivity index (χ3n) is 5.21. The fourth-order valence-corrected chi connectivity index (χ4v) is 6.47.